The predicted octanol–water partition coefficient (Wildman–Crippen LogP) is 1.37. The molecule has 1 aliphatic heterocycles. The van der Waals surface area contributed by atoms with Crippen molar-refractivity contribution in [3.63, 3.8) is 0 Å². The molecule has 6 heteroatoms. The fourth-order valence-corrected chi connectivity index (χ4v) is 4.40. The standard InChI is InChI=1S/C14H17N3O2S/c15-8-12-9-16-17(13-6-7-20(18,19)10-13)14(12)11-4-2-1-3-5-11/h1-5,9,13H,6-8,10,15H2. The first-order valence-corrected chi connectivity index (χ1v) is 8.45. The molecule has 3 rings (SSSR count). The van der Waals surface area contributed by atoms with Gasteiger partial charge in [0, 0.05) is 17.7 Å². The van der Waals surface area contributed by atoms with Crippen LogP contribution in [0.25, 0.3) is 11.3 Å². The molecule has 0 radical (unpaired) electrons. The smallest absolute Gasteiger partial charge is 0.152 e. The third-order valence-corrected chi connectivity index (χ3v) is 5.44. The first kappa shape index (κ1) is 13.3. The summed E-state index contributed by atoms with van der Waals surface area (Å²) < 4.78 is 25.2. The van der Waals surface area contributed by atoms with Gasteiger partial charge in [0.05, 0.1) is 29.4 Å². The lowest BCUT2D eigenvalue weighted by molar-refractivity contribution is 0.505. The molecule has 1 unspecified atom stereocenters. The van der Waals surface area contributed by atoms with Gasteiger partial charge in [-0.1, -0.05) is 30.3 Å². The predicted molar refractivity (Wildman–Crippen MR) is 77.9 cm³/mol. The third-order valence-electron chi connectivity index (χ3n) is 3.69. The molecule has 2 heterocycles. The van der Waals surface area contributed by atoms with Crippen molar-refractivity contribution in [1.82, 2.24) is 9.78 Å². The summed E-state index contributed by atoms with van der Waals surface area (Å²) in [5.41, 5.74) is 8.69. The van der Waals surface area contributed by atoms with E-state index < -0.39 is 9.84 Å². The van der Waals surface area contributed by atoms with Crippen LogP contribution in [-0.2, 0) is 16.4 Å². The van der Waals surface area contributed by atoms with Gasteiger partial charge in [-0.2, -0.15) is 5.10 Å². The van der Waals surface area contributed by atoms with Crippen LogP contribution >= 0.6 is 0 Å². The highest BCUT2D eigenvalue weighted by molar-refractivity contribution is 7.91. The molecule has 1 aliphatic rings. The third kappa shape index (κ3) is 2.36. The lowest BCUT2D eigenvalue weighted by atomic mass is 10.1. The van der Waals surface area contributed by atoms with Crippen molar-refractivity contribution in [3.8, 4) is 11.3 Å². The van der Waals surface area contributed by atoms with Crippen molar-refractivity contribution in [2.45, 2.75) is 19.0 Å². The second-order valence-corrected chi connectivity index (χ2v) is 7.32. The largest absolute Gasteiger partial charge is 0.326 e. The topological polar surface area (TPSA) is 78.0 Å². The SMILES string of the molecule is NCc1cnn(C2CCS(=O)(=O)C2)c1-c1ccccc1. The van der Waals surface area contributed by atoms with Crippen LogP contribution < -0.4 is 5.73 Å². The zero-order valence-corrected chi connectivity index (χ0v) is 11.9. The minimum atomic E-state index is -2.93. The highest BCUT2D eigenvalue weighted by Crippen LogP contribution is 2.31. The number of nitrogens with two attached hydrogens (primary N) is 1. The van der Waals surface area contributed by atoms with Gasteiger partial charge in [0.1, 0.15) is 0 Å². The normalized spacial score (nSPS) is 21.1. The van der Waals surface area contributed by atoms with Crippen molar-refractivity contribution in [3.05, 3.63) is 42.1 Å². The Kier molecular flexibility index (Phi) is 3.35. The van der Waals surface area contributed by atoms with Crippen LogP contribution in [-0.4, -0.2) is 29.7 Å². The van der Waals surface area contributed by atoms with Gasteiger partial charge in [-0.05, 0) is 6.42 Å². The number of benzene rings is 1. The summed E-state index contributed by atoms with van der Waals surface area (Å²) in [7, 11) is -2.93. The minimum absolute atomic E-state index is 0.0875. The van der Waals surface area contributed by atoms with Crippen molar-refractivity contribution in [2.24, 2.45) is 5.73 Å². The Morgan fingerprint density at radius 3 is 2.65 bits per heavy atom. The number of hydrogen-bond donors (Lipinski definition) is 1. The molecule has 5 nitrogen and oxygen atoms in total. The maximum absolute atomic E-state index is 11.7. The molecule has 0 aliphatic carbocycles. The van der Waals surface area contributed by atoms with Crippen molar-refractivity contribution >= 4 is 9.84 Å². The average molecular weight is 291 g/mol. The Bertz CT molecular complexity index is 707. The van der Waals surface area contributed by atoms with Crippen LogP contribution in [0.2, 0.25) is 0 Å². The molecule has 1 aromatic heterocycles. The number of rotatable bonds is 3. The fraction of sp³-hybridized carbons (Fsp3) is 0.357. The van der Waals surface area contributed by atoms with E-state index in [0.717, 1.165) is 16.8 Å². The van der Waals surface area contributed by atoms with Crippen LogP contribution in [0.5, 0.6) is 0 Å². The van der Waals surface area contributed by atoms with E-state index in [2.05, 4.69) is 5.10 Å². The quantitative estimate of drug-likeness (QED) is 0.926. The van der Waals surface area contributed by atoms with Crippen LogP contribution in [0, 0.1) is 0 Å². The molecular formula is C14H17N3O2S. The molecule has 1 atom stereocenters. The van der Waals surface area contributed by atoms with E-state index in [4.69, 9.17) is 5.73 Å². The Labute approximate surface area is 118 Å². The van der Waals surface area contributed by atoms with Gasteiger partial charge in [0.2, 0.25) is 0 Å². The highest BCUT2D eigenvalue weighted by atomic mass is 32.2. The summed E-state index contributed by atoms with van der Waals surface area (Å²) in [5.74, 6) is 0.405. The van der Waals surface area contributed by atoms with E-state index in [9.17, 15) is 8.42 Å². The second-order valence-electron chi connectivity index (χ2n) is 5.09. The summed E-state index contributed by atoms with van der Waals surface area (Å²) in [4.78, 5) is 0. The Morgan fingerprint density at radius 1 is 1.30 bits per heavy atom. The Balaban J connectivity index is 2.07. The van der Waals surface area contributed by atoms with E-state index >= 15 is 0 Å². The number of hydrogen-bond acceptors (Lipinski definition) is 4. The summed E-state index contributed by atoms with van der Waals surface area (Å²) in [6, 6.07) is 9.77. The maximum atomic E-state index is 11.7. The molecule has 0 bridgehead atoms. The molecule has 0 spiro atoms. The first-order chi connectivity index (χ1) is 9.61. The van der Waals surface area contributed by atoms with Gasteiger partial charge in [-0.25, -0.2) is 8.42 Å². The summed E-state index contributed by atoms with van der Waals surface area (Å²) in [5, 5.41) is 4.38. The van der Waals surface area contributed by atoms with Gasteiger partial charge < -0.3 is 5.73 Å². The second kappa shape index (κ2) is 5.03. The first-order valence-electron chi connectivity index (χ1n) is 6.63. The number of aromatic nitrogens is 2. The summed E-state index contributed by atoms with van der Waals surface area (Å²) >= 11 is 0. The molecule has 1 fully saturated rings. The van der Waals surface area contributed by atoms with Crippen LogP contribution in [0.4, 0.5) is 0 Å². The fourth-order valence-electron chi connectivity index (χ4n) is 2.71. The summed E-state index contributed by atoms with van der Waals surface area (Å²) in [6.45, 7) is 0.393. The van der Waals surface area contributed by atoms with Crippen molar-refractivity contribution in [2.75, 3.05) is 11.5 Å². The molecule has 2 N–H and O–H groups in total. The number of sulfone groups is 1. The van der Waals surface area contributed by atoms with E-state index in [1.807, 2.05) is 35.0 Å². The molecule has 1 saturated heterocycles. The van der Waals surface area contributed by atoms with Crippen LogP contribution in [0.1, 0.15) is 18.0 Å². The monoisotopic (exact) mass is 291 g/mol. The maximum Gasteiger partial charge on any atom is 0.152 e. The van der Waals surface area contributed by atoms with Gasteiger partial charge in [0.25, 0.3) is 0 Å². The lowest BCUT2D eigenvalue weighted by Crippen LogP contribution is -2.14. The van der Waals surface area contributed by atoms with Crippen molar-refractivity contribution < 1.29 is 8.42 Å². The molecule has 1 aromatic carbocycles. The summed E-state index contributed by atoms with van der Waals surface area (Å²) in [6.07, 6.45) is 2.36. The molecule has 20 heavy (non-hydrogen) atoms. The molecular weight excluding hydrogens is 274 g/mol. The Hall–Kier alpha value is -1.66. The zero-order valence-electron chi connectivity index (χ0n) is 11.1. The van der Waals surface area contributed by atoms with Gasteiger partial charge >= 0.3 is 0 Å². The molecule has 0 amide bonds. The minimum Gasteiger partial charge on any atom is -0.326 e. The van der Waals surface area contributed by atoms with E-state index in [-0.39, 0.29) is 17.5 Å². The van der Waals surface area contributed by atoms with Gasteiger partial charge in [-0.15, -0.1) is 0 Å². The molecule has 2 aromatic rings. The zero-order chi connectivity index (χ0) is 14.2. The Morgan fingerprint density at radius 2 is 2.05 bits per heavy atom. The van der Waals surface area contributed by atoms with Gasteiger partial charge in [-0.3, -0.25) is 4.68 Å². The lowest BCUT2D eigenvalue weighted by Gasteiger charge is -2.14. The number of nitrogens with zero attached hydrogens (tertiary/aromatic N) is 2. The van der Waals surface area contributed by atoms with E-state index in [0.29, 0.717) is 13.0 Å². The molecule has 0 saturated carbocycles. The average Bonchev–Trinajstić information content (AvgIpc) is 3.02. The van der Waals surface area contributed by atoms with E-state index in [1.54, 1.807) is 6.20 Å². The van der Waals surface area contributed by atoms with E-state index in [1.165, 1.54) is 0 Å². The van der Waals surface area contributed by atoms with Crippen LogP contribution in [0.15, 0.2) is 36.5 Å². The molecule has 106 valence electrons. The van der Waals surface area contributed by atoms with Crippen molar-refractivity contribution in [1.29, 1.82) is 0 Å². The van der Waals surface area contributed by atoms with Gasteiger partial charge in [0.15, 0.2) is 9.84 Å². The highest BCUT2D eigenvalue weighted by Gasteiger charge is 2.31. The van der Waals surface area contributed by atoms with Crippen LogP contribution in [0.3, 0.4) is 0 Å².